The van der Waals surface area contributed by atoms with Crippen molar-refractivity contribution in [2.75, 3.05) is 26.2 Å². The molecule has 0 spiro atoms. The Balaban J connectivity index is 0.00000625. The summed E-state index contributed by atoms with van der Waals surface area (Å²) in [5, 5.41) is 59.1. The number of carboxylic acid groups (broad SMARTS) is 4. The summed E-state index contributed by atoms with van der Waals surface area (Å²) >= 11 is 0. The van der Waals surface area contributed by atoms with Gasteiger partial charge in [-0.15, -0.1) is 0 Å². The first-order chi connectivity index (χ1) is 21.9. The second-order valence-electron chi connectivity index (χ2n) is 11.2. The third-order valence-electron chi connectivity index (χ3n) is 7.60. The van der Waals surface area contributed by atoms with Crippen molar-refractivity contribution >= 4 is 152 Å². The van der Waals surface area contributed by atoms with Crippen molar-refractivity contribution in [1.82, 2.24) is 9.80 Å². The molecule has 1 aliphatic rings. The Morgan fingerprint density at radius 2 is 0.980 bits per heavy atom. The summed E-state index contributed by atoms with van der Waals surface area (Å²) in [6.45, 7) is -0.309. The molecule has 1 heterocycles. The molecular weight excluding hydrogens is 732 g/mol. The first-order valence-electron chi connectivity index (χ1n) is 14.0. The van der Waals surface area contributed by atoms with Crippen molar-refractivity contribution in [3.05, 3.63) is 87.5 Å². The molecule has 15 nitrogen and oxygen atoms in total. The van der Waals surface area contributed by atoms with Crippen LogP contribution in [-0.4, -0.2) is 217 Å². The van der Waals surface area contributed by atoms with Crippen molar-refractivity contribution in [2.45, 2.75) is 37.4 Å². The fourth-order valence-electron chi connectivity index (χ4n) is 5.82. The number of rotatable bonds is 14. The van der Waals surface area contributed by atoms with E-state index in [0.29, 0.717) is 11.1 Å². The van der Waals surface area contributed by atoms with E-state index in [-0.39, 0.29) is 176 Å². The molecule has 4 radical (unpaired) electrons. The van der Waals surface area contributed by atoms with E-state index >= 15 is 0 Å². The van der Waals surface area contributed by atoms with Gasteiger partial charge in [-0.2, -0.15) is 8.42 Å². The van der Waals surface area contributed by atoms with Crippen LogP contribution >= 0.6 is 0 Å². The maximum atomic E-state index is 13.6. The summed E-state index contributed by atoms with van der Waals surface area (Å²) in [5.41, 5.74) is -0.701. The van der Waals surface area contributed by atoms with Crippen LogP contribution in [0.5, 0.6) is 11.5 Å². The maximum absolute atomic E-state index is 13.6. The van der Waals surface area contributed by atoms with E-state index in [2.05, 4.69) is 0 Å². The number of hydrogen-bond donors (Lipinski definition) is 6. The molecule has 0 saturated heterocycles. The molecule has 3 aromatic rings. The minimum absolute atomic E-state index is 0. The number of aliphatic carboxylic acids is 4. The van der Waals surface area contributed by atoms with Gasteiger partial charge in [0.25, 0.3) is 10.1 Å². The average molecular weight is 765 g/mol. The van der Waals surface area contributed by atoms with Crippen molar-refractivity contribution in [3.8, 4) is 11.5 Å². The summed E-state index contributed by atoms with van der Waals surface area (Å²) in [5.74, 6) is -5.92. The van der Waals surface area contributed by atoms with Gasteiger partial charge in [-0.3, -0.25) is 29.0 Å². The molecule has 6 N–H and O–H groups in total. The summed E-state index contributed by atoms with van der Waals surface area (Å²) in [7, 11) is -4.46. The number of hydrogen-bond acceptors (Lipinski definition) is 11. The zero-order valence-corrected chi connectivity index (χ0v) is 38.0. The monoisotopic (exact) mass is 764 g/mol. The van der Waals surface area contributed by atoms with Crippen LogP contribution in [0.2, 0.25) is 0 Å². The Labute approximate surface area is 382 Å². The SMILES string of the molecule is Cc1cc(O)c(CN(CC(=O)O)CC(=O)O)cc1C1(c2cc(CN(CC(=O)O)CC(=O)O)c(O)cc2C)OS(=O)(=O)c2ccccc21.[Na].[Na].[Na].[Na]. The second kappa shape index (κ2) is 20.6. The molecule has 1 aliphatic heterocycles. The molecule has 3 aromatic carbocycles. The minimum Gasteiger partial charge on any atom is -0.508 e. The predicted octanol–water partition coefficient (Wildman–Crippen LogP) is 0.145. The van der Waals surface area contributed by atoms with Crippen molar-refractivity contribution in [2.24, 2.45) is 0 Å². The Kier molecular flexibility index (Phi) is 20.2. The number of aromatic hydroxyl groups is 2. The maximum Gasteiger partial charge on any atom is 0.317 e. The second-order valence-corrected chi connectivity index (χ2v) is 12.7. The van der Waals surface area contributed by atoms with Crippen LogP contribution in [0.3, 0.4) is 0 Å². The number of phenols is 2. The largest absolute Gasteiger partial charge is 0.508 e. The third kappa shape index (κ3) is 11.7. The predicted molar refractivity (Wildman–Crippen MR) is 184 cm³/mol. The first kappa shape index (κ1) is 50.0. The van der Waals surface area contributed by atoms with Crippen molar-refractivity contribution in [3.63, 3.8) is 0 Å². The van der Waals surface area contributed by atoms with E-state index < -0.39 is 65.8 Å². The Bertz CT molecular complexity index is 1770. The molecule has 254 valence electrons. The van der Waals surface area contributed by atoms with E-state index in [9.17, 15) is 58.2 Å². The summed E-state index contributed by atoms with van der Waals surface area (Å²) in [6, 6.07) is 11.3. The fourth-order valence-corrected chi connectivity index (χ4v) is 7.24. The molecule has 0 atom stereocenters. The summed E-state index contributed by atoms with van der Waals surface area (Å²) in [4.78, 5) is 47.8. The van der Waals surface area contributed by atoms with Crippen molar-refractivity contribution < 1.29 is 62.4 Å². The standard InChI is InChI=1S/C31H32N2O13S.4Na/c1-17-7-24(34)19(11-32(13-27(36)37)14-28(38)39)9-22(17)31(21-5-3-4-6-26(21)47(44,45)46-31)23-10-20(25(35)8-18(23)2)12-33(15-29(40)41)16-30(42)43;;;;/h3-10,34-35H,11-16H2,1-2H3,(H,36,37)(H,38,39)(H,40,41)(H,42,43);;;;. The van der Waals surface area contributed by atoms with E-state index in [1.165, 1.54) is 42.5 Å². The molecule has 4 rings (SSSR count). The van der Waals surface area contributed by atoms with Gasteiger partial charge in [0.15, 0.2) is 5.60 Å². The number of carbonyl (C=O) groups is 4. The number of fused-ring (bicyclic) bond motifs is 1. The van der Waals surface area contributed by atoms with Crippen LogP contribution in [-0.2, 0) is 52.2 Å². The van der Waals surface area contributed by atoms with Crippen LogP contribution in [0, 0.1) is 13.8 Å². The zero-order chi connectivity index (χ0) is 34.8. The average Bonchev–Trinajstić information content (AvgIpc) is 3.17. The number of aryl methyl sites for hydroxylation is 2. The number of nitrogens with zero attached hydrogens (tertiary/aromatic N) is 2. The van der Waals surface area contributed by atoms with Crippen LogP contribution in [0.1, 0.15) is 38.9 Å². The number of benzene rings is 3. The molecule has 0 saturated carbocycles. The van der Waals surface area contributed by atoms with Gasteiger partial charge in [0.2, 0.25) is 0 Å². The van der Waals surface area contributed by atoms with Gasteiger partial charge in [0.05, 0.1) is 26.2 Å². The first-order valence-corrected chi connectivity index (χ1v) is 15.4. The molecule has 0 fully saturated rings. The van der Waals surface area contributed by atoms with E-state index in [1.54, 1.807) is 19.9 Å². The van der Waals surface area contributed by atoms with Gasteiger partial charge in [0.1, 0.15) is 16.4 Å². The normalized spacial score (nSPS) is 13.5. The smallest absolute Gasteiger partial charge is 0.317 e. The molecule has 0 amide bonds. The fraction of sp³-hybridized carbons (Fsp3) is 0.290. The topological polar surface area (TPSA) is 240 Å². The van der Waals surface area contributed by atoms with Gasteiger partial charge in [-0.1, -0.05) is 18.2 Å². The van der Waals surface area contributed by atoms with Gasteiger partial charge >= 0.3 is 23.9 Å². The van der Waals surface area contributed by atoms with Crippen LogP contribution in [0.15, 0.2) is 53.4 Å². The minimum atomic E-state index is -4.46. The van der Waals surface area contributed by atoms with E-state index in [1.807, 2.05) is 0 Å². The number of carboxylic acids is 4. The Morgan fingerprint density at radius 3 is 1.33 bits per heavy atom. The molecule has 0 aliphatic carbocycles. The van der Waals surface area contributed by atoms with Crippen molar-refractivity contribution in [1.29, 1.82) is 0 Å². The molecule has 51 heavy (non-hydrogen) atoms. The molecule has 0 bridgehead atoms. The zero-order valence-electron chi connectivity index (χ0n) is 29.2. The molecule has 20 heteroatoms. The summed E-state index contributed by atoms with van der Waals surface area (Å²) in [6.07, 6.45) is 0. The summed E-state index contributed by atoms with van der Waals surface area (Å²) < 4.78 is 33.2. The van der Waals surface area contributed by atoms with Gasteiger partial charge in [-0.05, 0) is 66.4 Å². The van der Waals surface area contributed by atoms with E-state index in [0.717, 1.165) is 9.80 Å². The van der Waals surface area contributed by atoms with Crippen LogP contribution in [0.25, 0.3) is 0 Å². The molecule has 0 aromatic heterocycles. The van der Waals surface area contributed by atoms with Gasteiger partial charge in [0, 0.05) is 148 Å². The Hall–Kier alpha value is -1.03. The third-order valence-corrected chi connectivity index (χ3v) is 8.97. The van der Waals surface area contributed by atoms with Gasteiger partial charge < -0.3 is 30.6 Å². The van der Waals surface area contributed by atoms with Crippen LogP contribution in [0.4, 0.5) is 0 Å². The molecular formula is C31H32N2Na4O13S. The molecule has 0 unspecified atom stereocenters. The Morgan fingerprint density at radius 1 is 0.627 bits per heavy atom. The van der Waals surface area contributed by atoms with Gasteiger partial charge in [-0.25, -0.2) is 4.18 Å². The van der Waals surface area contributed by atoms with E-state index in [4.69, 9.17) is 4.18 Å². The number of phenolic OH excluding ortho intramolecular Hbond substituents is 2. The van der Waals surface area contributed by atoms with Crippen LogP contribution < -0.4 is 0 Å². The quantitative estimate of drug-likeness (QED) is 0.0946.